The zero-order chi connectivity index (χ0) is 13.1. The number of hydrogen-bond acceptors (Lipinski definition) is 2. The van der Waals surface area contributed by atoms with Crippen LogP contribution in [0.15, 0.2) is 40.9 Å². The van der Waals surface area contributed by atoms with E-state index in [0.717, 1.165) is 5.56 Å². The third kappa shape index (κ3) is 3.02. The fraction of sp³-hybridized carbons (Fsp3) is 0.0769. The maximum atomic E-state index is 13.4. The molecule has 5 heteroatoms. The van der Waals surface area contributed by atoms with E-state index in [9.17, 15) is 4.39 Å². The fourth-order valence-electron chi connectivity index (χ4n) is 1.46. The lowest BCUT2D eigenvalue weighted by Gasteiger charge is -2.10. The first kappa shape index (κ1) is 13.3. The number of rotatable bonds is 3. The molecular weight excluding hydrogens is 321 g/mol. The lowest BCUT2D eigenvalue weighted by molar-refractivity contribution is 0.470. The van der Waals surface area contributed by atoms with E-state index in [1.54, 1.807) is 30.3 Å². The quantitative estimate of drug-likeness (QED) is 0.899. The van der Waals surface area contributed by atoms with Crippen LogP contribution in [0, 0.1) is 5.82 Å². The largest absolute Gasteiger partial charge is 0.457 e. The van der Waals surface area contributed by atoms with E-state index in [0.29, 0.717) is 27.5 Å². The van der Waals surface area contributed by atoms with Gasteiger partial charge >= 0.3 is 0 Å². The molecular formula is C13H10BrClFNO. The molecule has 0 spiro atoms. The standard InChI is InChI=1S/C13H10BrClFNO/c14-11-4-3-10(6-12(11)16)18-13-5-9(15)2-1-8(13)7-17/h1-6H,7,17H2. The molecule has 0 aromatic heterocycles. The van der Waals surface area contributed by atoms with Crippen molar-refractivity contribution in [1.82, 2.24) is 0 Å². The average Bonchev–Trinajstić information content (AvgIpc) is 2.34. The summed E-state index contributed by atoms with van der Waals surface area (Å²) < 4.78 is 19.3. The van der Waals surface area contributed by atoms with Crippen LogP contribution in [-0.2, 0) is 6.54 Å². The molecule has 0 atom stereocenters. The van der Waals surface area contributed by atoms with Crippen molar-refractivity contribution >= 4 is 27.5 Å². The highest BCUT2D eigenvalue weighted by Gasteiger charge is 2.07. The van der Waals surface area contributed by atoms with Gasteiger partial charge in [-0.05, 0) is 40.2 Å². The zero-order valence-electron chi connectivity index (χ0n) is 9.29. The summed E-state index contributed by atoms with van der Waals surface area (Å²) >= 11 is 8.98. The molecule has 0 saturated carbocycles. The molecule has 2 rings (SSSR count). The van der Waals surface area contributed by atoms with E-state index in [1.807, 2.05) is 0 Å². The van der Waals surface area contributed by atoms with E-state index >= 15 is 0 Å². The Morgan fingerprint density at radius 2 is 2.00 bits per heavy atom. The van der Waals surface area contributed by atoms with E-state index < -0.39 is 0 Å². The normalized spacial score (nSPS) is 10.4. The maximum absolute atomic E-state index is 13.4. The molecule has 94 valence electrons. The second kappa shape index (κ2) is 5.69. The number of benzene rings is 2. The molecule has 0 aliphatic heterocycles. The second-order valence-corrected chi connectivity index (χ2v) is 4.92. The average molecular weight is 331 g/mol. The molecule has 2 nitrogen and oxygen atoms in total. The predicted molar refractivity (Wildman–Crippen MR) is 73.5 cm³/mol. The van der Waals surface area contributed by atoms with Crippen molar-refractivity contribution < 1.29 is 9.13 Å². The summed E-state index contributed by atoms with van der Waals surface area (Å²) in [6, 6.07) is 9.71. The molecule has 0 radical (unpaired) electrons. The van der Waals surface area contributed by atoms with Crippen LogP contribution in [0.5, 0.6) is 11.5 Å². The molecule has 18 heavy (non-hydrogen) atoms. The van der Waals surface area contributed by atoms with Crippen molar-refractivity contribution in [2.45, 2.75) is 6.54 Å². The summed E-state index contributed by atoms with van der Waals surface area (Å²) in [6.45, 7) is 0.325. The van der Waals surface area contributed by atoms with E-state index in [4.69, 9.17) is 22.1 Å². The Bertz CT molecular complexity index is 577. The highest BCUT2D eigenvalue weighted by atomic mass is 79.9. The summed E-state index contributed by atoms with van der Waals surface area (Å²) in [7, 11) is 0. The first-order valence-corrected chi connectivity index (χ1v) is 6.38. The Hall–Kier alpha value is -1.10. The van der Waals surface area contributed by atoms with Gasteiger partial charge in [-0.1, -0.05) is 17.7 Å². The van der Waals surface area contributed by atoms with Crippen LogP contribution in [0.1, 0.15) is 5.56 Å². The van der Waals surface area contributed by atoms with Gasteiger partial charge in [0.25, 0.3) is 0 Å². The first-order chi connectivity index (χ1) is 8.60. The van der Waals surface area contributed by atoms with Gasteiger partial charge in [-0.2, -0.15) is 0 Å². The Morgan fingerprint density at radius 1 is 1.22 bits per heavy atom. The van der Waals surface area contributed by atoms with Crippen molar-refractivity contribution in [2.75, 3.05) is 0 Å². The lowest BCUT2D eigenvalue weighted by atomic mass is 10.2. The Kier molecular flexibility index (Phi) is 4.22. The van der Waals surface area contributed by atoms with Crippen molar-refractivity contribution in [3.8, 4) is 11.5 Å². The van der Waals surface area contributed by atoms with Crippen molar-refractivity contribution in [2.24, 2.45) is 5.73 Å². The van der Waals surface area contributed by atoms with Gasteiger partial charge in [0.15, 0.2) is 0 Å². The summed E-state index contributed by atoms with van der Waals surface area (Å²) in [6.07, 6.45) is 0. The summed E-state index contributed by atoms with van der Waals surface area (Å²) in [5, 5.41) is 0.541. The number of hydrogen-bond donors (Lipinski definition) is 1. The summed E-state index contributed by atoms with van der Waals surface area (Å²) in [5.74, 6) is 0.545. The van der Waals surface area contributed by atoms with Crippen molar-refractivity contribution in [1.29, 1.82) is 0 Å². The molecule has 0 aliphatic rings. The molecule has 0 bridgehead atoms. The van der Waals surface area contributed by atoms with Gasteiger partial charge in [-0.15, -0.1) is 0 Å². The van der Waals surface area contributed by atoms with Gasteiger partial charge in [0.05, 0.1) is 4.47 Å². The Morgan fingerprint density at radius 3 is 2.67 bits per heavy atom. The molecule has 0 saturated heterocycles. The summed E-state index contributed by atoms with van der Waals surface area (Å²) in [4.78, 5) is 0. The highest BCUT2D eigenvalue weighted by molar-refractivity contribution is 9.10. The van der Waals surface area contributed by atoms with E-state index in [2.05, 4.69) is 15.9 Å². The van der Waals surface area contributed by atoms with Crippen molar-refractivity contribution in [3.05, 3.63) is 57.3 Å². The van der Waals surface area contributed by atoms with Crippen LogP contribution in [-0.4, -0.2) is 0 Å². The van der Waals surface area contributed by atoms with Crippen LogP contribution in [0.4, 0.5) is 4.39 Å². The van der Waals surface area contributed by atoms with Gasteiger partial charge in [0.1, 0.15) is 17.3 Å². The smallest absolute Gasteiger partial charge is 0.141 e. The maximum Gasteiger partial charge on any atom is 0.141 e. The molecule has 2 aromatic rings. The zero-order valence-corrected chi connectivity index (χ0v) is 11.6. The van der Waals surface area contributed by atoms with Crippen LogP contribution >= 0.6 is 27.5 Å². The van der Waals surface area contributed by atoms with Crippen LogP contribution in [0.2, 0.25) is 5.02 Å². The number of nitrogens with two attached hydrogens (primary N) is 1. The topological polar surface area (TPSA) is 35.2 Å². The monoisotopic (exact) mass is 329 g/mol. The molecule has 0 unspecified atom stereocenters. The molecule has 0 amide bonds. The van der Waals surface area contributed by atoms with Crippen LogP contribution < -0.4 is 10.5 Å². The lowest BCUT2D eigenvalue weighted by Crippen LogP contribution is -1.99. The summed E-state index contributed by atoms with van der Waals surface area (Å²) in [5.41, 5.74) is 6.41. The SMILES string of the molecule is NCc1ccc(Cl)cc1Oc1ccc(Br)c(F)c1. The molecule has 2 N–H and O–H groups in total. The fourth-order valence-corrected chi connectivity index (χ4v) is 1.87. The Labute approximate surface area is 118 Å². The molecule has 0 fully saturated rings. The van der Waals surface area contributed by atoms with Gasteiger partial charge in [0, 0.05) is 23.2 Å². The minimum atomic E-state index is -0.385. The Balaban J connectivity index is 2.33. The van der Waals surface area contributed by atoms with E-state index in [1.165, 1.54) is 6.07 Å². The predicted octanol–water partition coefficient (Wildman–Crippen LogP) is 4.49. The minimum absolute atomic E-state index is 0.325. The van der Waals surface area contributed by atoms with Crippen molar-refractivity contribution in [3.63, 3.8) is 0 Å². The molecule has 0 aliphatic carbocycles. The first-order valence-electron chi connectivity index (χ1n) is 5.21. The highest BCUT2D eigenvalue weighted by Crippen LogP contribution is 2.30. The van der Waals surface area contributed by atoms with Gasteiger partial charge in [-0.25, -0.2) is 4.39 Å². The van der Waals surface area contributed by atoms with Gasteiger partial charge in [-0.3, -0.25) is 0 Å². The minimum Gasteiger partial charge on any atom is -0.457 e. The van der Waals surface area contributed by atoms with Gasteiger partial charge < -0.3 is 10.5 Å². The number of ether oxygens (including phenoxy) is 1. The molecule has 0 heterocycles. The second-order valence-electron chi connectivity index (χ2n) is 3.63. The van der Waals surface area contributed by atoms with Crippen LogP contribution in [0.3, 0.4) is 0 Å². The molecule has 2 aromatic carbocycles. The number of halogens is 3. The van der Waals surface area contributed by atoms with E-state index in [-0.39, 0.29) is 5.82 Å². The third-order valence-corrected chi connectivity index (χ3v) is 3.25. The van der Waals surface area contributed by atoms with Gasteiger partial charge in [0.2, 0.25) is 0 Å². The third-order valence-electron chi connectivity index (χ3n) is 2.37. The van der Waals surface area contributed by atoms with Crippen LogP contribution in [0.25, 0.3) is 0 Å².